The molecule has 0 radical (unpaired) electrons. The van der Waals surface area contributed by atoms with Crippen molar-refractivity contribution >= 4 is 33.5 Å². The lowest BCUT2D eigenvalue weighted by atomic mass is 9.86. The molecule has 0 saturated heterocycles. The summed E-state index contributed by atoms with van der Waals surface area (Å²) in [6.07, 6.45) is 0. The van der Waals surface area contributed by atoms with Crippen molar-refractivity contribution in [3.8, 4) is 0 Å². The summed E-state index contributed by atoms with van der Waals surface area (Å²) in [7, 11) is 0. The molecule has 6 nitrogen and oxygen atoms in total. The molecule has 0 saturated carbocycles. The van der Waals surface area contributed by atoms with E-state index in [4.69, 9.17) is 8.94 Å². The third kappa shape index (κ3) is 3.21. The molecule has 3 aromatic carbocycles. The number of carbonyl (C=O) groups is 1. The molecule has 3 heterocycles. The minimum Gasteiger partial charge on any atom is -0.450 e. The summed E-state index contributed by atoms with van der Waals surface area (Å²) in [6.45, 7) is 8.20. The number of nitrogens with zero attached hydrogens (tertiary/aromatic N) is 2. The highest BCUT2D eigenvalue weighted by Gasteiger charge is 2.45. The third-order valence-corrected chi connectivity index (χ3v) is 6.72. The van der Waals surface area contributed by atoms with E-state index >= 15 is 0 Å². The van der Waals surface area contributed by atoms with Crippen LogP contribution in [-0.2, 0) is 5.41 Å². The average molecular weight is 465 g/mol. The van der Waals surface area contributed by atoms with Crippen molar-refractivity contribution in [2.24, 2.45) is 0 Å². The van der Waals surface area contributed by atoms with Gasteiger partial charge in [-0.3, -0.25) is 14.5 Å². The van der Waals surface area contributed by atoms with Crippen molar-refractivity contribution in [3.63, 3.8) is 0 Å². The van der Waals surface area contributed by atoms with Crippen LogP contribution in [0.15, 0.2) is 80.5 Å². The first-order valence-corrected chi connectivity index (χ1v) is 11.6. The molecule has 1 aliphatic heterocycles. The van der Waals surface area contributed by atoms with Gasteiger partial charge in [0.2, 0.25) is 5.76 Å². The Morgan fingerprint density at radius 1 is 0.943 bits per heavy atom. The molecule has 1 atom stereocenters. The van der Waals surface area contributed by atoms with E-state index in [9.17, 15) is 9.59 Å². The van der Waals surface area contributed by atoms with Crippen LogP contribution in [0.25, 0.3) is 21.7 Å². The molecule has 1 amide bonds. The molecule has 174 valence electrons. The summed E-state index contributed by atoms with van der Waals surface area (Å²) >= 11 is 0. The van der Waals surface area contributed by atoms with E-state index < -0.39 is 11.9 Å². The third-order valence-electron chi connectivity index (χ3n) is 6.72. The minimum absolute atomic E-state index is 0.0288. The molecule has 6 heteroatoms. The second-order valence-corrected chi connectivity index (χ2v) is 10.1. The monoisotopic (exact) mass is 464 g/mol. The molecule has 0 aliphatic carbocycles. The van der Waals surface area contributed by atoms with Crippen molar-refractivity contribution in [2.45, 2.75) is 39.2 Å². The summed E-state index contributed by atoms with van der Waals surface area (Å²) in [5.74, 6) is 0.548. The van der Waals surface area contributed by atoms with Crippen LogP contribution in [-0.4, -0.2) is 11.1 Å². The van der Waals surface area contributed by atoms with Crippen LogP contribution in [0.1, 0.15) is 59.8 Å². The fraction of sp³-hybridized carbons (Fsp3) is 0.207. The first-order valence-electron chi connectivity index (χ1n) is 11.6. The molecule has 0 spiro atoms. The predicted molar refractivity (Wildman–Crippen MR) is 135 cm³/mol. The van der Waals surface area contributed by atoms with Crippen molar-refractivity contribution in [3.05, 3.63) is 105 Å². The lowest BCUT2D eigenvalue weighted by molar-refractivity contribution is 0.0969. The molecular formula is C29H24N2O4. The fourth-order valence-corrected chi connectivity index (χ4v) is 4.92. The fourth-order valence-electron chi connectivity index (χ4n) is 4.92. The van der Waals surface area contributed by atoms with Crippen molar-refractivity contribution in [2.75, 3.05) is 4.90 Å². The number of aryl methyl sites for hydroxylation is 1. The average Bonchev–Trinajstić information content (AvgIpc) is 3.39. The lowest BCUT2D eigenvalue weighted by Gasteiger charge is -2.24. The van der Waals surface area contributed by atoms with Gasteiger partial charge in [0.15, 0.2) is 11.2 Å². The number of hydrogen-bond acceptors (Lipinski definition) is 5. The van der Waals surface area contributed by atoms with Crippen LogP contribution in [0.3, 0.4) is 0 Å². The van der Waals surface area contributed by atoms with Gasteiger partial charge in [0.25, 0.3) is 5.91 Å². The molecule has 0 fully saturated rings. The normalized spacial score (nSPS) is 15.8. The highest BCUT2D eigenvalue weighted by atomic mass is 16.5. The van der Waals surface area contributed by atoms with E-state index in [-0.39, 0.29) is 16.6 Å². The van der Waals surface area contributed by atoms with Gasteiger partial charge in [-0.15, -0.1) is 0 Å². The molecule has 35 heavy (non-hydrogen) atoms. The summed E-state index contributed by atoms with van der Waals surface area (Å²) in [5.41, 5.74) is 2.44. The van der Waals surface area contributed by atoms with E-state index in [1.807, 2.05) is 54.6 Å². The van der Waals surface area contributed by atoms with Gasteiger partial charge >= 0.3 is 0 Å². The van der Waals surface area contributed by atoms with Gasteiger partial charge in [-0.05, 0) is 40.3 Å². The van der Waals surface area contributed by atoms with Gasteiger partial charge in [0.1, 0.15) is 11.3 Å². The Morgan fingerprint density at radius 2 is 1.69 bits per heavy atom. The predicted octanol–water partition coefficient (Wildman–Crippen LogP) is 6.29. The van der Waals surface area contributed by atoms with Crippen LogP contribution >= 0.6 is 0 Å². The first kappa shape index (κ1) is 21.4. The maximum absolute atomic E-state index is 14.1. The second-order valence-electron chi connectivity index (χ2n) is 10.1. The Balaban J connectivity index is 1.65. The Labute approximate surface area is 201 Å². The van der Waals surface area contributed by atoms with E-state index in [2.05, 4.69) is 25.9 Å². The van der Waals surface area contributed by atoms with E-state index in [0.29, 0.717) is 28.1 Å². The van der Waals surface area contributed by atoms with Crippen LogP contribution in [0.2, 0.25) is 0 Å². The lowest BCUT2D eigenvalue weighted by Crippen LogP contribution is -2.29. The number of amides is 1. The molecule has 6 rings (SSSR count). The highest BCUT2D eigenvalue weighted by molar-refractivity contribution is 6.12. The summed E-state index contributed by atoms with van der Waals surface area (Å²) in [5, 5.41) is 6.31. The molecule has 0 N–H and O–H groups in total. The van der Waals surface area contributed by atoms with Crippen molar-refractivity contribution in [1.82, 2.24) is 5.16 Å². The zero-order valence-electron chi connectivity index (χ0n) is 20.0. The second kappa shape index (κ2) is 7.40. The first-order chi connectivity index (χ1) is 16.7. The number of fused-ring (bicyclic) bond motifs is 4. The number of benzene rings is 3. The molecule has 1 unspecified atom stereocenters. The van der Waals surface area contributed by atoms with Crippen LogP contribution < -0.4 is 10.3 Å². The Bertz CT molecular complexity index is 1690. The van der Waals surface area contributed by atoms with E-state index in [0.717, 1.165) is 21.9 Å². The Kier molecular flexibility index (Phi) is 4.52. The molecule has 0 bridgehead atoms. The Hall–Kier alpha value is -4.19. The number of carbonyl (C=O) groups excluding carboxylic acids is 1. The van der Waals surface area contributed by atoms with Crippen LogP contribution in [0.4, 0.5) is 5.82 Å². The SMILES string of the molecule is Cc1cc(N2C(=O)c3oc4ccc5ccccc5c4c(=O)c3C2c2ccc(C(C)(C)C)cc2)no1. The quantitative estimate of drug-likeness (QED) is 0.287. The van der Waals surface area contributed by atoms with Gasteiger partial charge in [0.05, 0.1) is 17.0 Å². The number of aromatic nitrogens is 1. The standard InChI is InChI=1S/C29H24N2O4/c1-16-15-22(30-35-16)31-25(18-9-12-19(13-10-18)29(2,3)4)24-26(32)23-20-8-6-5-7-17(20)11-14-21(23)34-27(24)28(31)33/h5-15,25H,1-4H3. The van der Waals surface area contributed by atoms with Gasteiger partial charge < -0.3 is 8.94 Å². The molecular weight excluding hydrogens is 440 g/mol. The summed E-state index contributed by atoms with van der Waals surface area (Å²) in [6, 6.07) is 20.4. The van der Waals surface area contributed by atoms with Crippen LogP contribution in [0.5, 0.6) is 0 Å². The zero-order chi connectivity index (χ0) is 24.5. The summed E-state index contributed by atoms with van der Waals surface area (Å²) in [4.78, 5) is 29.3. The smallest absolute Gasteiger partial charge is 0.296 e. The van der Waals surface area contributed by atoms with Gasteiger partial charge in [0, 0.05) is 6.07 Å². The number of rotatable bonds is 2. The molecule has 5 aromatic rings. The van der Waals surface area contributed by atoms with Gasteiger partial charge in [-0.2, -0.15) is 0 Å². The number of hydrogen-bond donors (Lipinski definition) is 0. The van der Waals surface area contributed by atoms with E-state index in [1.165, 1.54) is 4.90 Å². The van der Waals surface area contributed by atoms with E-state index in [1.54, 1.807) is 19.1 Å². The van der Waals surface area contributed by atoms with Gasteiger partial charge in [-0.1, -0.05) is 80.5 Å². The van der Waals surface area contributed by atoms with Crippen molar-refractivity contribution in [1.29, 1.82) is 0 Å². The highest BCUT2D eigenvalue weighted by Crippen LogP contribution is 2.42. The largest absolute Gasteiger partial charge is 0.450 e. The zero-order valence-corrected chi connectivity index (χ0v) is 20.0. The minimum atomic E-state index is -0.685. The maximum atomic E-state index is 14.1. The molecule has 2 aromatic heterocycles. The van der Waals surface area contributed by atoms with Gasteiger partial charge in [-0.25, -0.2) is 0 Å². The molecule has 1 aliphatic rings. The van der Waals surface area contributed by atoms with Crippen molar-refractivity contribution < 1.29 is 13.7 Å². The topological polar surface area (TPSA) is 76.6 Å². The van der Waals surface area contributed by atoms with Crippen LogP contribution in [0, 0.1) is 6.92 Å². The Morgan fingerprint density at radius 3 is 2.37 bits per heavy atom. The number of anilines is 1. The maximum Gasteiger partial charge on any atom is 0.296 e. The summed E-state index contributed by atoms with van der Waals surface area (Å²) < 4.78 is 11.4.